The summed E-state index contributed by atoms with van der Waals surface area (Å²) >= 11 is 0. The van der Waals surface area contributed by atoms with Gasteiger partial charge in [-0.2, -0.15) is 5.26 Å². The number of nitriles is 1. The second-order valence-corrected chi connectivity index (χ2v) is 3.28. The van der Waals surface area contributed by atoms with Crippen molar-refractivity contribution in [1.82, 2.24) is 0 Å². The number of carbonyl (C=O) groups excluding carboxylic acids is 1. The number of rotatable bonds is 3. The van der Waals surface area contributed by atoms with Gasteiger partial charge in [-0.3, -0.25) is 0 Å². The number of hydrogen-bond acceptors (Lipinski definition) is 4. The van der Waals surface area contributed by atoms with E-state index in [9.17, 15) is 9.90 Å². The fourth-order valence-electron chi connectivity index (χ4n) is 1.60. The summed E-state index contributed by atoms with van der Waals surface area (Å²) in [6, 6.07) is 5.15. The number of benzene rings is 1. The first-order chi connectivity index (χ1) is 7.67. The summed E-state index contributed by atoms with van der Waals surface area (Å²) in [6.07, 6.45) is 0.604. The van der Waals surface area contributed by atoms with Crippen molar-refractivity contribution in [2.24, 2.45) is 0 Å². The Morgan fingerprint density at radius 2 is 2.12 bits per heavy atom. The highest BCUT2D eigenvalue weighted by molar-refractivity contribution is 5.93. The number of aliphatic hydroxyl groups excluding tert-OH is 1. The van der Waals surface area contributed by atoms with E-state index in [4.69, 9.17) is 5.26 Å². The minimum Gasteiger partial charge on any atom is -0.465 e. The van der Waals surface area contributed by atoms with Gasteiger partial charge < -0.3 is 9.84 Å². The number of carbonyl (C=O) groups is 1. The molecule has 1 aromatic carbocycles. The first-order valence-electron chi connectivity index (χ1n) is 4.93. The lowest BCUT2D eigenvalue weighted by Gasteiger charge is -2.11. The van der Waals surface area contributed by atoms with Gasteiger partial charge in [-0.1, -0.05) is 6.92 Å². The van der Waals surface area contributed by atoms with Crippen LogP contribution < -0.4 is 0 Å². The van der Waals surface area contributed by atoms with Crippen molar-refractivity contribution < 1.29 is 14.6 Å². The molecule has 0 radical (unpaired) electrons. The van der Waals surface area contributed by atoms with Crippen LogP contribution in [0.1, 0.15) is 34.0 Å². The lowest BCUT2D eigenvalue weighted by atomic mass is 9.96. The molecule has 0 fully saturated rings. The van der Waals surface area contributed by atoms with Crippen molar-refractivity contribution in [3.05, 3.63) is 34.4 Å². The summed E-state index contributed by atoms with van der Waals surface area (Å²) < 4.78 is 4.66. The van der Waals surface area contributed by atoms with Crippen LogP contribution in [0, 0.1) is 11.3 Å². The maximum Gasteiger partial charge on any atom is 0.338 e. The van der Waals surface area contributed by atoms with Crippen molar-refractivity contribution in [3.63, 3.8) is 0 Å². The first-order valence-corrected chi connectivity index (χ1v) is 4.93. The van der Waals surface area contributed by atoms with E-state index in [0.29, 0.717) is 23.1 Å². The number of aryl methyl sites for hydroxylation is 1. The molecule has 0 saturated carbocycles. The van der Waals surface area contributed by atoms with Crippen molar-refractivity contribution >= 4 is 5.97 Å². The summed E-state index contributed by atoms with van der Waals surface area (Å²) in [5.41, 5.74) is 1.96. The zero-order valence-corrected chi connectivity index (χ0v) is 9.28. The molecule has 1 N–H and O–H groups in total. The van der Waals surface area contributed by atoms with Crippen LogP contribution in [0.25, 0.3) is 0 Å². The van der Waals surface area contributed by atoms with Crippen molar-refractivity contribution in [2.45, 2.75) is 20.0 Å². The van der Waals surface area contributed by atoms with Gasteiger partial charge in [0.15, 0.2) is 0 Å². The molecule has 0 spiro atoms. The Kier molecular flexibility index (Phi) is 4.03. The summed E-state index contributed by atoms with van der Waals surface area (Å²) in [5, 5.41) is 18.0. The second kappa shape index (κ2) is 5.29. The maximum absolute atomic E-state index is 11.6. The quantitative estimate of drug-likeness (QED) is 0.780. The molecule has 0 aliphatic heterocycles. The summed E-state index contributed by atoms with van der Waals surface area (Å²) in [7, 11) is 1.29. The van der Waals surface area contributed by atoms with Crippen LogP contribution in [0.3, 0.4) is 0 Å². The lowest BCUT2D eigenvalue weighted by Crippen LogP contribution is -2.10. The average molecular weight is 219 g/mol. The summed E-state index contributed by atoms with van der Waals surface area (Å²) in [4.78, 5) is 11.6. The first kappa shape index (κ1) is 12.2. The van der Waals surface area contributed by atoms with Crippen LogP contribution in [0.4, 0.5) is 0 Å². The van der Waals surface area contributed by atoms with Crippen molar-refractivity contribution in [3.8, 4) is 6.07 Å². The summed E-state index contributed by atoms with van der Waals surface area (Å²) in [5.74, 6) is -0.481. The molecule has 1 aromatic rings. The van der Waals surface area contributed by atoms with E-state index in [0.717, 1.165) is 5.56 Å². The van der Waals surface area contributed by atoms with Crippen molar-refractivity contribution in [1.29, 1.82) is 5.26 Å². The molecule has 0 atom stereocenters. The number of nitrogens with zero attached hydrogens (tertiary/aromatic N) is 1. The third-order valence-corrected chi connectivity index (χ3v) is 2.37. The number of methoxy groups -OCH3 is 1. The highest BCUT2D eigenvalue weighted by Crippen LogP contribution is 2.19. The Morgan fingerprint density at radius 1 is 1.50 bits per heavy atom. The van der Waals surface area contributed by atoms with E-state index in [1.54, 1.807) is 6.07 Å². The number of hydrogen-bond donors (Lipinski definition) is 1. The van der Waals surface area contributed by atoms with E-state index in [2.05, 4.69) is 4.74 Å². The molecule has 0 aliphatic carbocycles. The monoisotopic (exact) mass is 219 g/mol. The molecular weight excluding hydrogens is 206 g/mol. The van der Waals surface area contributed by atoms with Gasteiger partial charge in [-0.05, 0) is 29.7 Å². The third kappa shape index (κ3) is 2.20. The highest BCUT2D eigenvalue weighted by Gasteiger charge is 2.16. The predicted octanol–water partition coefficient (Wildman–Crippen LogP) is 1.40. The second-order valence-electron chi connectivity index (χ2n) is 3.28. The molecular formula is C12H13NO3. The van der Waals surface area contributed by atoms with Gasteiger partial charge in [-0.25, -0.2) is 4.79 Å². The average Bonchev–Trinajstić information content (AvgIpc) is 2.35. The Morgan fingerprint density at radius 3 is 2.56 bits per heavy atom. The van der Waals surface area contributed by atoms with Crippen LogP contribution in [-0.4, -0.2) is 18.2 Å². The normalized spacial score (nSPS) is 9.62. The summed E-state index contributed by atoms with van der Waals surface area (Å²) in [6.45, 7) is 1.59. The van der Waals surface area contributed by atoms with E-state index < -0.39 is 5.97 Å². The largest absolute Gasteiger partial charge is 0.465 e. The van der Waals surface area contributed by atoms with Gasteiger partial charge >= 0.3 is 5.97 Å². The number of ether oxygens (including phenoxy) is 1. The zero-order valence-electron chi connectivity index (χ0n) is 9.28. The molecule has 1 rings (SSSR count). The van der Waals surface area contributed by atoms with Crippen LogP contribution >= 0.6 is 0 Å². The molecule has 4 nitrogen and oxygen atoms in total. The van der Waals surface area contributed by atoms with Gasteiger partial charge in [-0.15, -0.1) is 0 Å². The highest BCUT2D eigenvalue weighted by atomic mass is 16.5. The minimum absolute atomic E-state index is 0.285. The van der Waals surface area contributed by atoms with Crippen LogP contribution in [0.5, 0.6) is 0 Å². The minimum atomic E-state index is -0.481. The SMILES string of the molecule is CCc1cc(C#N)cc(CO)c1C(=O)OC. The number of aliphatic hydroxyl groups is 1. The number of esters is 1. The molecule has 0 unspecified atom stereocenters. The fourth-order valence-corrected chi connectivity index (χ4v) is 1.60. The molecule has 84 valence electrons. The van der Waals surface area contributed by atoms with Gasteiger partial charge in [0.25, 0.3) is 0 Å². The standard InChI is InChI=1S/C12H13NO3/c1-3-9-4-8(6-13)5-10(7-14)11(9)12(15)16-2/h4-5,14H,3,7H2,1-2H3. The van der Waals surface area contributed by atoms with E-state index >= 15 is 0 Å². The Labute approximate surface area is 94.1 Å². The Hall–Kier alpha value is -1.86. The Balaban J connectivity index is 3.44. The molecule has 16 heavy (non-hydrogen) atoms. The van der Waals surface area contributed by atoms with E-state index in [1.165, 1.54) is 13.2 Å². The van der Waals surface area contributed by atoms with Gasteiger partial charge in [0.2, 0.25) is 0 Å². The lowest BCUT2D eigenvalue weighted by molar-refractivity contribution is 0.0596. The Bertz CT molecular complexity index is 421. The molecule has 0 heterocycles. The molecule has 0 aliphatic rings. The molecule has 0 aromatic heterocycles. The van der Waals surface area contributed by atoms with E-state index in [-0.39, 0.29) is 6.61 Å². The van der Waals surface area contributed by atoms with Crippen LogP contribution in [0.2, 0.25) is 0 Å². The predicted molar refractivity (Wildman–Crippen MR) is 57.8 cm³/mol. The van der Waals surface area contributed by atoms with Gasteiger partial charge in [0.05, 0.1) is 30.9 Å². The molecule has 0 saturated heterocycles. The maximum atomic E-state index is 11.6. The smallest absolute Gasteiger partial charge is 0.338 e. The third-order valence-electron chi connectivity index (χ3n) is 2.37. The van der Waals surface area contributed by atoms with Crippen molar-refractivity contribution in [2.75, 3.05) is 7.11 Å². The van der Waals surface area contributed by atoms with Gasteiger partial charge in [0, 0.05) is 0 Å². The van der Waals surface area contributed by atoms with Crippen LogP contribution in [0.15, 0.2) is 12.1 Å². The fraction of sp³-hybridized carbons (Fsp3) is 0.333. The molecule has 0 bridgehead atoms. The zero-order chi connectivity index (χ0) is 12.1. The molecule has 4 heteroatoms. The van der Waals surface area contributed by atoms with Crippen LogP contribution in [-0.2, 0) is 17.8 Å². The van der Waals surface area contributed by atoms with E-state index in [1.807, 2.05) is 13.0 Å². The topological polar surface area (TPSA) is 70.3 Å². The molecule has 0 amide bonds. The van der Waals surface area contributed by atoms with Gasteiger partial charge in [0.1, 0.15) is 0 Å².